The number of anilines is 1. The average molecular weight is 497 g/mol. The van der Waals surface area contributed by atoms with Crippen LogP contribution < -0.4 is 5.23 Å². The minimum absolute atomic E-state index is 0.0135. The van der Waals surface area contributed by atoms with Gasteiger partial charge in [-0.15, -0.1) is 0 Å². The summed E-state index contributed by atoms with van der Waals surface area (Å²) in [4.78, 5) is 40.8. The van der Waals surface area contributed by atoms with E-state index in [1.165, 1.54) is 24.4 Å². The Morgan fingerprint density at radius 3 is 2.11 bits per heavy atom. The number of aromatic nitrogens is 1. The van der Waals surface area contributed by atoms with Gasteiger partial charge in [0, 0.05) is 11.6 Å². The molecule has 0 aliphatic carbocycles. The van der Waals surface area contributed by atoms with E-state index in [1.807, 2.05) is 6.07 Å². The van der Waals surface area contributed by atoms with Gasteiger partial charge in [0.1, 0.15) is 11.2 Å². The van der Waals surface area contributed by atoms with Gasteiger partial charge < -0.3 is 19.9 Å². The second-order valence-electron chi connectivity index (χ2n) is 10.2. The Kier molecular flexibility index (Phi) is 7.42. The molecule has 0 saturated carbocycles. The van der Waals surface area contributed by atoms with Crippen molar-refractivity contribution in [3.63, 3.8) is 0 Å². The van der Waals surface area contributed by atoms with Crippen LogP contribution in [-0.2, 0) is 16.0 Å². The zero-order valence-electron chi connectivity index (χ0n) is 21.1. The Morgan fingerprint density at radius 1 is 0.944 bits per heavy atom. The first-order valence-electron chi connectivity index (χ1n) is 11.3. The summed E-state index contributed by atoms with van der Waals surface area (Å²) in [5, 5.41) is 20.8. The van der Waals surface area contributed by atoms with Crippen molar-refractivity contribution < 1.29 is 29.1 Å². The van der Waals surface area contributed by atoms with Gasteiger partial charge in [-0.3, -0.25) is 14.6 Å². The minimum Gasteiger partial charge on any atom is -0.733 e. The molecule has 1 aromatic heterocycles. The van der Waals surface area contributed by atoms with E-state index >= 15 is 0 Å². The summed E-state index contributed by atoms with van der Waals surface area (Å²) in [6, 6.07) is 12.9. The molecule has 10 heteroatoms. The number of imide groups is 1. The zero-order valence-corrected chi connectivity index (χ0v) is 21.1. The number of hydrogen-bond donors (Lipinski definition) is 1. The summed E-state index contributed by atoms with van der Waals surface area (Å²) >= 11 is 0. The molecule has 3 rings (SSSR count). The summed E-state index contributed by atoms with van der Waals surface area (Å²) in [5.41, 5.74) is -1.00. The van der Waals surface area contributed by atoms with E-state index < -0.39 is 29.3 Å². The molecule has 192 valence electrons. The number of rotatable bonds is 4. The van der Waals surface area contributed by atoms with Crippen LogP contribution in [0.25, 0.3) is 10.9 Å². The van der Waals surface area contributed by atoms with Crippen LogP contribution in [0, 0.1) is 5.21 Å². The zero-order chi connectivity index (χ0) is 26.8. The number of amides is 2. The Bertz CT molecular complexity index is 1270. The molecule has 2 amide bonds. The summed E-state index contributed by atoms with van der Waals surface area (Å²) in [6.07, 6.45) is -0.405. The second kappa shape index (κ2) is 10.00. The van der Waals surface area contributed by atoms with Gasteiger partial charge in [0.25, 0.3) is 5.91 Å². The monoisotopic (exact) mass is 496 g/mol. The van der Waals surface area contributed by atoms with E-state index in [9.17, 15) is 24.8 Å². The van der Waals surface area contributed by atoms with Crippen LogP contribution >= 0.6 is 0 Å². The van der Waals surface area contributed by atoms with Crippen molar-refractivity contribution in [3.05, 3.63) is 71.1 Å². The molecule has 0 atom stereocenters. The molecule has 1 heterocycles. The quantitative estimate of drug-likeness (QED) is 0.456. The van der Waals surface area contributed by atoms with Crippen LogP contribution in [0.1, 0.15) is 57.5 Å². The highest BCUT2D eigenvalue weighted by Gasteiger charge is 2.31. The smallest absolute Gasteiger partial charge is 0.419 e. The number of carbonyl (C=O) groups excluding carboxylic acids is 3. The molecule has 3 aromatic rings. The van der Waals surface area contributed by atoms with Gasteiger partial charge in [-0.25, -0.2) is 14.5 Å². The van der Waals surface area contributed by atoms with E-state index in [2.05, 4.69) is 0 Å². The van der Waals surface area contributed by atoms with Crippen molar-refractivity contribution in [2.24, 2.45) is 0 Å². The maximum absolute atomic E-state index is 13.8. The minimum atomic E-state index is -0.857. The van der Waals surface area contributed by atoms with Gasteiger partial charge in [0.2, 0.25) is 0 Å². The van der Waals surface area contributed by atoms with Crippen molar-refractivity contribution in [3.8, 4) is 0 Å². The summed E-state index contributed by atoms with van der Waals surface area (Å²) in [6.45, 7) is 10.1. The first kappa shape index (κ1) is 26.7. The van der Waals surface area contributed by atoms with Crippen molar-refractivity contribution in [2.45, 2.75) is 59.3 Å². The van der Waals surface area contributed by atoms with Crippen molar-refractivity contribution in [2.75, 3.05) is 5.23 Å². The number of benzene rings is 2. The fourth-order valence-electron chi connectivity index (χ4n) is 3.41. The van der Waals surface area contributed by atoms with Crippen molar-refractivity contribution >= 4 is 34.7 Å². The lowest BCUT2D eigenvalue weighted by Gasteiger charge is -2.26. The number of nitrogens with zero attached hydrogens (tertiary/aromatic N) is 3. The Morgan fingerprint density at radius 2 is 1.56 bits per heavy atom. The predicted molar refractivity (Wildman–Crippen MR) is 134 cm³/mol. The number of fused-ring (bicyclic) bond motifs is 1. The van der Waals surface area contributed by atoms with Gasteiger partial charge in [-0.1, -0.05) is 30.3 Å². The third-order valence-electron chi connectivity index (χ3n) is 4.87. The van der Waals surface area contributed by atoms with Gasteiger partial charge in [0.05, 0.1) is 23.3 Å². The van der Waals surface area contributed by atoms with Crippen molar-refractivity contribution in [1.29, 1.82) is 0 Å². The first-order chi connectivity index (χ1) is 16.7. The summed E-state index contributed by atoms with van der Waals surface area (Å²) in [5.74, 6) is -0.712. The molecule has 36 heavy (non-hydrogen) atoms. The SMILES string of the molecule is CC(C)(C)OC(=O)N(Cc1ccccc1)C(=O)c1cn(C(=O)OC(C)(C)C)c2cc(N([O-])O)ccc12. The van der Waals surface area contributed by atoms with E-state index in [0.717, 1.165) is 9.47 Å². The molecule has 0 radical (unpaired) electrons. The normalized spacial score (nSPS) is 11.8. The average Bonchev–Trinajstić information content (AvgIpc) is 3.14. The van der Waals surface area contributed by atoms with Crippen LogP contribution in [0.5, 0.6) is 0 Å². The van der Waals surface area contributed by atoms with Crippen LogP contribution in [0.3, 0.4) is 0 Å². The molecule has 0 aliphatic rings. The summed E-state index contributed by atoms with van der Waals surface area (Å²) < 4.78 is 12.0. The van der Waals surface area contributed by atoms with Crippen LogP contribution in [0.2, 0.25) is 0 Å². The second-order valence-corrected chi connectivity index (χ2v) is 10.2. The van der Waals surface area contributed by atoms with E-state index in [-0.39, 0.29) is 33.9 Å². The van der Waals surface area contributed by atoms with E-state index in [1.54, 1.807) is 65.8 Å². The Balaban J connectivity index is 2.14. The number of hydrogen-bond acceptors (Lipinski definition) is 8. The lowest BCUT2D eigenvalue weighted by atomic mass is 10.1. The Hall–Kier alpha value is -3.89. The molecule has 0 bridgehead atoms. The molecule has 2 aromatic carbocycles. The third kappa shape index (κ3) is 6.41. The largest absolute Gasteiger partial charge is 0.733 e. The number of ether oxygens (including phenoxy) is 2. The van der Waals surface area contributed by atoms with E-state index in [4.69, 9.17) is 9.47 Å². The maximum atomic E-state index is 13.8. The first-order valence-corrected chi connectivity index (χ1v) is 11.3. The number of carbonyl (C=O) groups is 3. The fraction of sp³-hybridized carbons (Fsp3) is 0.346. The lowest BCUT2D eigenvalue weighted by molar-refractivity contribution is 0.0227. The highest BCUT2D eigenvalue weighted by molar-refractivity contribution is 6.13. The maximum Gasteiger partial charge on any atom is 0.419 e. The van der Waals surface area contributed by atoms with Gasteiger partial charge >= 0.3 is 12.2 Å². The topological polar surface area (TPSA) is 124 Å². The molecule has 0 unspecified atom stereocenters. The molecule has 0 spiro atoms. The van der Waals surface area contributed by atoms with Crippen LogP contribution in [-0.4, -0.2) is 44.0 Å². The van der Waals surface area contributed by atoms with Crippen molar-refractivity contribution in [1.82, 2.24) is 9.47 Å². The van der Waals surface area contributed by atoms with E-state index in [0.29, 0.717) is 5.56 Å². The van der Waals surface area contributed by atoms with Gasteiger partial charge in [0.15, 0.2) is 0 Å². The highest BCUT2D eigenvalue weighted by atomic mass is 16.8. The molecule has 1 N–H and O–H groups in total. The van der Waals surface area contributed by atoms with Crippen LogP contribution in [0.4, 0.5) is 15.3 Å². The lowest BCUT2D eigenvalue weighted by Crippen LogP contribution is -2.40. The van der Waals surface area contributed by atoms with Crippen LogP contribution in [0.15, 0.2) is 54.7 Å². The molecule has 0 fully saturated rings. The van der Waals surface area contributed by atoms with Gasteiger partial charge in [-0.05, 0) is 65.3 Å². The molecular weight excluding hydrogens is 466 g/mol. The summed E-state index contributed by atoms with van der Waals surface area (Å²) in [7, 11) is 0. The molecule has 0 saturated heterocycles. The fourth-order valence-corrected chi connectivity index (χ4v) is 3.41. The standard InChI is InChI=1S/C26H30N3O7/c1-25(2,3)35-23(31)27-16-20(19-13-12-18(29(33)34)14-21(19)27)22(30)28(24(32)36-26(4,5)6)15-17-10-8-7-9-11-17/h7-14,16,33H,15H2,1-6H3/q-1. The van der Waals surface area contributed by atoms with Gasteiger partial charge in [-0.2, -0.15) is 0 Å². The Labute approximate surface area is 209 Å². The predicted octanol–water partition coefficient (Wildman–Crippen LogP) is 5.70. The highest BCUT2D eigenvalue weighted by Crippen LogP contribution is 2.29. The molecule has 10 nitrogen and oxygen atoms in total. The molecule has 0 aliphatic heterocycles. The molecular formula is C26H30N3O7-. The third-order valence-corrected chi connectivity index (χ3v) is 4.87.